The van der Waals surface area contributed by atoms with E-state index in [1.807, 2.05) is 24.8 Å². The molecule has 0 N–H and O–H groups in total. The molecule has 0 fully saturated rings. The average Bonchev–Trinajstić information content (AvgIpc) is 3.72. The van der Waals surface area contributed by atoms with Crippen LogP contribution >= 0.6 is 0 Å². The molecule has 2 unspecified atom stereocenters. The number of fused-ring (bicyclic) bond motifs is 6. The first-order chi connectivity index (χ1) is 25.3. The molecule has 0 saturated carbocycles. The van der Waals surface area contributed by atoms with Crippen molar-refractivity contribution in [1.82, 2.24) is 9.55 Å². The molecule has 2 aromatic heterocycles. The lowest BCUT2D eigenvalue weighted by molar-refractivity contribution is 0.779. The van der Waals surface area contributed by atoms with E-state index in [0.717, 1.165) is 6.42 Å². The zero-order valence-electron chi connectivity index (χ0n) is 28.0. The highest BCUT2D eigenvalue weighted by Crippen LogP contribution is 2.46. The Morgan fingerprint density at radius 1 is 0.529 bits per heavy atom. The van der Waals surface area contributed by atoms with Crippen LogP contribution in [0.25, 0.3) is 49.7 Å². The molecule has 51 heavy (non-hydrogen) atoms. The Morgan fingerprint density at radius 3 is 1.65 bits per heavy atom. The van der Waals surface area contributed by atoms with Gasteiger partial charge in [0, 0.05) is 64.1 Å². The molecule has 0 saturated heterocycles. The van der Waals surface area contributed by atoms with Crippen LogP contribution in [-0.4, -0.2) is 21.8 Å². The Labute approximate surface area is 297 Å². The Bertz CT molecular complexity index is 2540. The van der Waals surface area contributed by atoms with Crippen molar-refractivity contribution in [1.29, 1.82) is 0 Å². The maximum absolute atomic E-state index is 4.41. The van der Waals surface area contributed by atoms with E-state index < -0.39 is 0 Å². The number of para-hydroxylation sites is 2. The first kappa shape index (κ1) is 29.4. The van der Waals surface area contributed by atoms with Crippen molar-refractivity contribution >= 4 is 39.4 Å². The zero-order valence-corrected chi connectivity index (χ0v) is 28.0. The molecule has 0 amide bonds. The SMILES string of the molecule is C1=CC2C(C=N1)c1cnccc1N2c1ccc(-c2ccc(Cc3ccc(-c4ccc(-n5c6ccccc6c6ccccc65)cc4)cc3)cc2)cc1. The summed E-state index contributed by atoms with van der Waals surface area (Å²) in [6, 6.07) is 55.5. The van der Waals surface area contributed by atoms with Crippen LogP contribution < -0.4 is 4.90 Å². The summed E-state index contributed by atoms with van der Waals surface area (Å²) in [7, 11) is 0. The summed E-state index contributed by atoms with van der Waals surface area (Å²) in [5.41, 5.74) is 14.7. The van der Waals surface area contributed by atoms with Gasteiger partial charge in [-0.3, -0.25) is 9.98 Å². The van der Waals surface area contributed by atoms with E-state index >= 15 is 0 Å². The average molecular weight is 655 g/mol. The van der Waals surface area contributed by atoms with E-state index in [9.17, 15) is 0 Å². The largest absolute Gasteiger partial charge is 0.333 e. The molecule has 2 atom stereocenters. The van der Waals surface area contributed by atoms with Crippen molar-refractivity contribution in [3.05, 3.63) is 193 Å². The third kappa shape index (κ3) is 5.07. The Morgan fingerprint density at radius 2 is 1.06 bits per heavy atom. The first-order valence-corrected chi connectivity index (χ1v) is 17.6. The molecule has 2 aliphatic rings. The van der Waals surface area contributed by atoms with Crippen LogP contribution in [0.1, 0.15) is 22.6 Å². The fraction of sp³-hybridized carbons (Fsp3) is 0.0638. The third-order valence-electron chi connectivity index (χ3n) is 10.6. The summed E-state index contributed by atoms with van der Waals surface area (Å²) in [5, 5.41) is 2.57. The third-order valence-corrected chi connectivity index (χ3v) is 10.6. The number of aromatic nitrogens is 2. The number of hydrogen-bond acceptors (Lipinski definition) is 3. The normalized spacial score (nSPS) is 16.1. The predicted octanol–water partition coefficient (Wildman–Crippen LogP) is 11.3. The molecule has 10 rings (SSSR count). The van der Waals surface area contributed by atoms with E-state index in [-0.39, 0.29) is 12.0 Å². The number of hydrogen-bond donors (Lipinski definition) is 0. The van der Waals surface area contributed by atoms with Crippen molar-refractivity contribution in [2.24, 2.45) is 4.99 Å². The van der Waals surface area contributed by atoms with Gasteiger partial charge in [-0.25, -0.2) is 0 Å². The second-order valence-electron chi connectivity index (χ2n) is 13.5. The molecule has 4 nitrogen and oxygen atoms in total. The van der Waals surface area contributed by atoms with Crippen LogP contribution in [-0.2, 0) is 6.42 Å². The number of nitrogens with zero attached hydrogens (tertiary/aromatic N) is 4. The van der Waals surface area contributed by atoms with E-state index in [1.54, 1.807) is 0 Å². The predicted molar refractivity (Wildman–Crippen MR) is 211 cm³/mol. The van der Waals surface area contributed by atoms with Crippen LogP contribution in [0.2, 0.25) is 0 Å². The van der Waals surface area contributed by atoms with Crippen LogP contribution in [0.15, 0.2) is 181 Å². The van der Waals surface area contributed by atoms with Crippen molar-refractivity contribution in [3.63, 3.8) is 0 Å². The lowest BCUT2D eigenvalue weighted by atomic mass is 9.96. The quantitative estimate of drug-likeness (QED) is 0.179. The minimum atomic E-state index is 0.221. The molecule has 4 heterocycles. The maximum Gasteiger partial charge on any atom is 0.0659 e. The van der Waals surface area contributed by atoms with Gasteiger partial charge in [-0.2, -0.15) is 0 Å². The topological polar surface area (TPSA) is 33.4 Å². The van der Waals surface area contributed by atoms with Gasteiger partial charge < -0.3 is 9.47 Å². The van der Waals surface area contributed by atoms with Gasteiger partial charge in [-0.05, 0) is 88.3 Å². The summed E-state index contributed by atoms with van der Waals surface area (Å²) in [6.07, 6.45) is 10.9. The molecule has 6 aromatic carbocycles. The lowest BCUT2D eigenvalue weighted by Gasteiger charge is -2.28. The summed E-state index contributed by atoms with van der Waals surface area (Å²) in [5.74, 6) is 0.229. The Balaban J connectivity index is 0.833. The van der Waals surface area contributed by atoms with Crippen molar-refractivity contribution < 1.29 is 0 Å². The smallest absolute Gasteiger partial charge is 0.0659 e. The molecule has 242 valence electrons. The van der Waals surface area contributed by atoms with Crippen molar-refractivity contribution in [2.45, 2.75) is 18.4 Å². The van der Waals surface area contributed by atoms with Crippen LogP contribution in [0.5, 0.6) is 0 Å². The van der Waals surface area contributed by atoms with Gasteiger partial charge in [-0.1, -0.05) is 109 Å². The van der Waals surface area contributed by atoms with Crippen LogP contribution in [0.3, 0.4) is 0 Å². The summed E-state index contributed by atoms with van der Waals surface area (Å²) in [6.45, 7) is 0. The molecule has 0 bridgehead atoms. The fourth-order valence-electron chi connectivity index (χ4n) is 8.03. The first-order valence-electron chi connectivity index (χ1n) is 17.6. The minimum absolute atomic E-state index is 0.221. The Kier molecular flexibility index (Phi) is 6.98. The van der Waals surface area contributed by atoms with E-state index in [2.05, 4.69) is 177 Å². The highest BCUT2D eigenvalue weighted by Gasteiger charge is 2.38. The molecule has 0 spiro atoms. The summed E-state index contributed by atoms with van der Waals surface area (Å²) < 4.78 is 2.36. The molecule has 0 aliphatic carbocycles. The van der Waals surface area contributed by atoms with Gasteiger partial charge in [0.1, 0.15) is 0 Å². The molecule has 2 aliphatic heterocycles. The number of aliphatic imine (C=N–C) groups is 1. The number of pyridine rings is 1. The fourth-order valence-corrected chi connectivity index (χ4v) is 8.03. The van der Waals surface area contributed by atoms with Gasteiger partial charge in [0.15, 0.2) is 0 Å². The van der Waals surface area contributed by atoms with Crippen LogP contribution in [0.4, 0.5) is 11.4 Å². The standard InChI is InChI=1S/C47H34N4/c1-3-7-44-40(5-1)41-6-2-4-8-45(41)50(44)38-21-17-36(18-22-38)34-13-9-32(10-14-34)29-33-11-15-35(16-12-33)37-19-23-39(24-20-37)51-46-25-27-48-30-42(46)43-31-49-28-26-47(43)51/h1-28,30-31,42,46H,29H2. The van der Waals surface area contributed by atoms with Gasteiger partial charge in [-0.15, -0.1) is 0 Å². The number of benzene rings is 6. The molecule has 0 radical (unpaired) electrons. The second-order valence-corrected chi connectivity index (χ2v) is 13.5. The van der Waals surface area contributed by atoms with Gasteiger partial charge in [0.05, 0.1) is 17.1 Å². The molecular formula is C47H34N4. The summed E-state index contributed by atoms with van der Waals surface area (Å²) >= 11 is 0. The maximum atomic E-state index is 4.41. The summed E-state index contributed by atoms with van der Waals surface area (Å²) in [4.78, 5) is 11.2. The highest BCUT2D eigenvalue weighted by molar-refractivity contribution is 6.09. The molecular weight excluding hydrogens is 621 g/mol. The number of anilines is 2. The highest BCUT2D eigenvalue weighted by atomic mass is 15.2. The molecule has 8 aromatic rings. The van der Waals surface area contributed by atoms with E-state index in [4.69, 9.17) is 0 Å². The van der Waals surface area contributed by atoms with Gasteiger partial charge in [0.25, 0.3) is 0 Å². The Hall–Kier alpha value is -6.52. The van der Waals surface area contributed by atoms with Gasteiger partial charge in [0.2, 0.25) is 0 Å². The van der Waals surface area contributed by atoms with E-state index in [0.29, 0.717) is 0 Å². The molecule has 4 heteroatoms. The zero-order chi connectivity index (χ0) is 33.7. The number of rotatable bonds is 6. The van der Waals surface area contributed by atoms with Crippen LogP contribution in [0, 0.1) is 0 Å². The van der Waals surface area contributed by atoms with E-state index in [1.165, 1.54) is 77.8 Å². The van der Waals surface area contributed by atoms with Crippen molar-refractivity contribution in [2.75, 3.05) is 4.90 Å². The lowest BCUT2D eigenvalue weighted by Crippen LogP contribution is -2.29. The second kappa shape index (κ2) is 12.1. The van der Waals surface area contributed by atoms with Crippen molar-refractivity contribution in [3.8, 4) is 27.9 Å². The van der Waals surface area contributed by atoms with Gasteiger partial charge >= 0.3 is 0 Å². The monoisotopic (exact) mass is 654 g/mol. The minimum Gasteiger partial charge on any atom is -0.333 e.